The van der Waals surface area contributed by atoms with Gasteiger partial charge in [0, 0.05) is 29.9 Å². The smallest absolute Gasteiger partial charge is 0.131 e. The van der Waals surface area contributed by atoms with Crippen molar-refractivity contribution in [3.63, 3.8) is 0 Å². The lowest BCUT2D eigenvalue weighted by atomic mass is 9.99. The first kappa shape index (κ1) is 15.4. The lowest BCUT2D eigenvalue weighted by Crippen LogP contribution is -2.21. The molecule has 1 heterocycles. The number of nitrogens with zero attached hydrogens (tertiary/aromatic N) is 1. The predicted octanol–water partition coefficient (Wildman–Crippen LogP) is 3.29. The minimum Gasteiger partial charge on any atom is -0.496 e. The molecule has 21 heavy (non-hydrogen) atoms. The number of benzene rings is 1. The van der Waals surface area contributed by atoms with Gasteiger partial charge in [-0.1, -0.05) is 19.1 Å². The number of hydrogen-bond donors (Lipinski definition) is 1. The average molecular weight is 288 g/mol. The molecule has 1 unspecified atom stereocenters. The Balaban J connectivity index is 2.27. The molecule has 2 rings (SSSR count). The van der Waals surface area contributed by atoms with Crippen LogP contribution >= 0.6 is 0 Å². The highest BCUT2D eigenvalue weighted by Gasteiger charge is 2.19. The van der Waals surface area contributed by atoms with E-state index >= 15 is 0 Å². The minimum atomic E-state index is -0.265. The van der Waals surface area contributed by atoms with Crippen molar-refractivity contribution in [2.75, 3.05) is 14.2 Å². The second-order valence-electron chi connectivity index (χ2n) is 4.91. The van der Waals surface area contributed by atoms with Gasteiger partial charge >= 0.3 is 0 Å². The molecule has 3 nitrogen and oxygen atoms in total. The molecule has 1 N–H and O–H groups in total. The number of hydrogen-bond acceptors (Lipinski definition) is 3. The second-order valence-corrected chi connectivity index (χ2v) is 4.91. The van der Waals surface area contributed by atoms with Gasteiger partial charge in [-0.3, -0.25) is 4.98 Å². The zero-order chi connectivity index (χ0) is 15.2. The van der Waals surface area contributed by atoms with Crippen molar-refractivity contribution in [3.05, 3.63) is 59.2 Å². The Morgan fingerprint density at radius 1 is 1.29 bits per heavy atom. The molecule has 4 heteroatoms. The number of ether oxygens (including phenoxy) is 1. The number of methoxy groups -OCH3 is 1. The van der Waals surface area contributed by atoms with E-state index in [1.54, 1.807) is 19.2 Å². The maximum Gasteiger partial charge on any atom is 0.131 e. The van der Waals surface area contributed by atoms with Gasteiger partial charge in [-0.25, -0.2) is 4.39 Å². The van der Waals surface area contributed by atoms with Crippen molar-refractivity contribution < 1.29 is 9.13 Å². The van der Waals surface area contributed by atoms with Crippen molar-refractivity contribution in [1.82, 2.24) is 10.3 Å². The molecule has 0 aliphatic heterocycles. The Hall–Kier alpha value is -1.94. The second kappa shape index (κ2) is 7.18. The van der Waals surface area contributed by atoms with Crippen molar-refractivity contribution in [1.29, 1.82) is 0 Å². The molecule has 1 aromatic carbocycles. The van der Waals surface area contributed by atoms with Crippen molar-refractivity contribution >= 4 is 0 Å². The Morgan fingerprint density at radius 2 is 2.10 bits per heavy atom. The van der Waals surface area contributed by atoms with Crippen molar-refractivity contribution in [2.24, 2.45) is 0 Å². The van der Waals surface area contributed by atoms with Gasteiger partial charge in [-0.2, -0.15) is 0 Å². The SMILES string of the molecule is CCc1ccc(CC(NC)c2c(F)cccc2OC)nc1. The van der Waals surface area contributed by atoms with Crippen LogP contribution in [0.4, 0.5) is 4.39 Å². The fourth-order valence-electron chi connectivity index (χ4n) is 2.38. The quantitative estimate of drug-likeness (QED) is 0.885. The van der Waals surface area contributed by atoms with Crippen molar-refractivity contribution in [3.8, 4) is 5.75 Å². The average Bonchev–Trinajstić information content (AvgIpc) is 2.53. The molecule has 1 atom stereocenters. The summed E-state index contributed by atoms with van der Waals surface area (Å²) in [7, 11) is 3.37. The summed E-state index contributed by atoms with van der Waals surface area (Å²) in [5, 5.41) is 3.15. The van der Waals surface area contributed by atoms with Crippen LogP contribution < -0.4 is 10.1 Å². The molecule has 0 saturated carbocycles. The summed E-state index contributed by atoms with van der Waals surface area (Å²) >= 11 is 0. The highest BCUT2D eigenvalue weighted by molar-refractivity contribution is 5.38. The largest absolute Gasteiger partial charge is 0.496 e. The standard InChI is InChI=1S/C17H21FN2O/c1-4-12-8-9-13(20-11-12)10-15(19-2)17-14(18)6-5-7-16(17)21-3/h5-9,11,15,19H,4,10H2,1-3H3. The molecule has 0 saturated heterocycles. The summed E-state index contributed by atoms with van der Waals surface area (Å²) in [5.41, 5.74) is 2.67. The lowest BCUT2D eigenvalue weighted by Gasteiger charge is -2.19. The van der Waals surface area contributed by atoms with Crippen LogP contribution in [0.25, 0.3) is 0 Å². The summed E-state index contributed by atoms with van der Waals surface area (Å²) in [6.07, 6.45) is 3.45. The van der Waals surface area contributed by atoms with Gasteiger partial charge in [0.05, 0.1) is 7.11 Å². The first-order valence-electron chi connectivity index (χ1n) is 7.13. The summed E-state index contributed by atoms with van der Waals surface area (Å²) in [5.74, 6) is 0.290. The number of rotatable bonds is 6. The van der Waals surface area contributed by atoms with E-state index in [0.717, 1.165) is 12.1 Å². The summed E-state index contributed by atoms with van der Waals surface area (Å²) in [6, 6.07) is 8.76. The Morgan fingerprint density at radius 3 is 2.67 bits per heavy atom. The fraction of sp³-hybridized carbons (Fsp3) is 0.353. The monoisotopic (exact) mass is 288 g/mol. The normalized spacial score (nSPS) is 12.2. The molecule has 0 amide bonds. The lowest BCUT2D eigenvalue weighted by molar-refractivity contribution is 0.392. The zero-order valence-electron chi connectivity index (χ0n) is 12.7. The first-order chi connectivity index (χ1) is 10.2. The number of aryl methyl sites for hydroxylation is 1. The molecule has 0 bridgehead atoms. The van der Waals surface area contributed by atoms with Gasteiger partial charge in [-0.05, 0) is 37.2 Å². The fourth-order valence-corrected chi connectivity index (χ4v) is 2.38. The van der Waals surface area contributed by atoms with Crippen LogP contribution in [0.1, 0.15) is 29.8 Å². The molecule has 0 radical (unpaired) electrons. The molecular formula is C17H21FN2O. The number of pyridine rings is 1. The van der Waals surface area contributed by atoms with Crippen molar-refractivity contribution in [2.45, 2.75) is 25.8 Å². The molecular weight excluding hydrogens is 267 g/mol. The van der Waals surface area contributed by atoms with Gasteiger partial charge < -0.3 is 10.1 Å². The molecule has 2 aromatic rings. The molecule has 0 fully saturated rings. The van der Waals surface area contributed by atoms with Gasteiger partial charge in [0.15, 0.2) is 0 Å². The third-order valence-electron chi connectivity index (χ3n) is 3.64. The minimum absolute atomic E-state index is 0.180. The van der Waals surface area contributed by atoms with E-state index in [1.807, 2.05) is 19.3 Å². The Labute approximate surface area is 125 Å². The Bertz CT molecular complexity index is 584. The topological polar surface area (TPSA) is 34.1 Å². The molecule has 0 aliphatic rings. The Kier molecular flexibility index (Phi) is 5.28. The van der Waals surface area contributed by atoms with Crippen LogP contribution in [-0.2, 0) is 12.8 Å². The summed E-state index contributed by atoms with van der Waals surface area (Å²) < 4.78 is 19.4. The van der Waals surface area contributed by atoms with Gasteiger partial charge in [0.25, 0.3) is 0 Å². The highest BCUT2D eigenvalue weighted by Crippen LogP contribution is 2.29. The molecule has 0 spiro atoms. The molecule has 0 aliphatic carbocycles. The summed E-state index contributed by atoms with van der Waals surface area (Å²) in [4.78, 5) is 4.44. The van der Waals surface area contributed by atoms with Crippen LogP contribution in [-0.4, -0.2) is 19.1 Å². The molecule has 112 valence electrons. The number of aromatic nitrogens is 1. The van der Waals surface area contributed by atoms with Crippen LogP contribution in [0.5, 0.6) is 5.75 Å². The van der Waals surface area contributed by atoms with E-state index in [4.69, 9.17) is 4.74 Å². The number of nitrogens with one attached hydrogen (secondary N) is 1. The zero-order valence-corrected chi connectivity index (χ0v) is 12.7. The molecule has 1 aromatic heterocycles. The van der Waals surface area contributed by atoms with Crippen LogP contribution in [0, 0.1) is 5.82 Å². The number of halogens is 1. The van der Waals surface area contributed by atoms with Gasteiger partial charge in [0.1, 0.15) is 11.6 Å². The van der Waals surface area contributed by atoms with E-state index in [9.17, 15) is 4.39 Å². The van der Waals surface area contributed by atoms with E-state index < -0.39 is 0 Å². The van der Waals surface area contributed by atoms with E-state index in [2.05, 4.69) is 23.3 Å². The maximum absolute atomic E-state index is 14.2. The van der Waals surface area contributed by atoms with Gasteiger partial charge in [-0.15, -0.1) is 0 Å². The maximum atomic E-state index is 14.2. The third-order valence-corrected chi connectivity index (χ3v) is 3.64. The highest BCUT2D eigenvalue weighted by atomic mass is 19.1. The van der Waals surface area contributed by atoms with E-state index in [0.29, 0.717) is 17.7 Å². The van der Waals surface area contributed by atoms with E-state index in [1.165, 1.54) is 11.6 Å². The number of likely N-dealkylation sites (N-methyl/N-ethyl adjacent to an activating group) is 1. The predicted molar refractivity (Wildman–Crippen MR) is 82.1 cm³/mol. The third kappa shape index (κ3) is 3.58. The first-order valence-corrected chi connectivity index (χ1v) is 7.13. The van der Waals surface area contributed by atoms with Gasteiger partial charge in [0.2, 0.25) is 0 Å². The summed E-state index contributed by atoms with van der Waals surface area (Å²) in [6.45, 7) is 2.09. The van der Waals surface area contributed by atoms with Crippen LogP contribution in [0.3, 0.4) is 0 Å². The van der Waals surface area contributed by atoms with Crippen LogP contribution in [0.15, 0.2) is 36.5 Å². The van der Waals surface area contributed by atoms with Crippen LogP contribution in [0.2, 0.25) is 0 Å². The van der Waals surface area contributed by atoms with E-state index in [-0.39, 0.29) is 11.9 Å².